The molecule has 0 N–H and O–H groups in total. The van der Waals surface area contributed by atoms with Crippen molar-refractivity contribution in [3.05, 3.63) is 48.5 Å². The summed E-state index contributed by atoms with van der Waals surface area (Å²) in [6.45, 7) is 8.24. The summed E-state index contributed by atoms with van der Waals surface area (Å²) in [6, 6.07) is 8.51. The summed E-state index contributed by atoms with van der Waals surface area (Å²) in [6.07, 6.45) is 9.64. The van der Waals surface area contributed by atoms with Crippen molar-refractivity contribution >= 4 is 5.91 Å². The molecule has 1 aromatic heterocycles. The standard InChI is InChI=1S/C23H32N4O2/c1-19(2)27-13-6-10-23(22(27)28)9-5-12-26(23)17-20-7-3-4-8-21(20)29-16-15-25-14-11-24-18-25/h3-4,7-8,11,14,18-19H,5-6,9-10,12-13,15-17H2,1-2H3. The summed E-state index contributed by atoms with van der Waals surface area (Å²) in [5.41, 5.74) is 0.834. The van der Waals surface area contributed by atoms with Crippen LogP contribution in [0.1, 0.15) is 45.1 Å². The van der Waals surface area contributed by atoms with Gasteiger partial charge in [-0.15, -0.1) is 0 Å². The lowest BCUT2D eigenvalue weighted by Crippen LogP contribution is -2.61. The van der Waals surface area contributed by atoms with Crippen LogP contribution in [-0.4, -0.2) is 56.5 Å². The number of likely N-dealkylation sites (tertiary alicyclic amines) is 2. The van der Waals surface area contributed by atoms with Gasteiger partial charge >= 0.3 is 0 Å². The number of carbonyl (C=O) groups excluding carboxylic acids is 1. The van der Waals surface area contributed by atoms with E-state index in [1.165, 1.54) is 0 Å². The van der Waals surface area contributed by atoms with E-state index in [-0.39, 0.29) is 11.6 Å². The number of benzene rings is 1. The van der Waals surface area contributed by atoms with Crippen LogP contribution in [-0.2, 0) is 17.9 Å². The highest BCUT2D eigenvalue weighted by molar-refractivity contribution is 5.87. The van der Waals surface area contributed by atoms with Gasteiger partial charge in [-0.3, -0.25) is 9.69 Å². The summed E-state index contributed by atoms with van der Waals surface area (Å²) < 4.78 is 8.13. The van der Waals surface area contributed by atoms with Crippen LogP contribution in [0.15, 0.2) is 43.0 Å². The van der Waals surface area contributed by atoms with Crippen LogP contribution in [0.5, 0.6) is 5.75 Å². The van der Waals surface area contributed by atoms with Crippen molar-refractivity contribution in [1.82, 2.24) is 19.4 Å². The van der Waals surface area contributed by atoms with Crippen molar-refractivity contribution in [1.29, 1.82) is 0 Å². The number of para-hydroxylation sites is 1. The van der Waals surface area contributed by atoms with E-state index in [9.17, 15) is 4.79 Å². The van der Waals surface area contributed by atoms with Gasteiger partial charge in [-0.05, 0) is 52.1 Å². The number of amides is 1. The van der Waals surface area contributed by atoms with Crippen molar-refractivity contribution in [3.63, 3.8) is 0 Å². The average Bonchev–Trinajstić information content (AvgIpc) is 3.36. The number of aromatic nitrogens is 2. The number of rotatable bonds is 7. The third-order valence-electron chi connectivity index (χ3n) is 6.40. The molecule has 1 spiro atoms. The zero-order valence-electron chi connectivity index (χ0n) is 17.6. The molecule has 3 heterocycles. The van der Waals surface area contributed by atoms with Gasteiger partial charge in [0.2, 0.25) is 5.91 Å². The zero-order valence-corrected chi connectivity index (χ0v) is 17.6. The first-order valence-electron chi connectivity index (χ1n) is 10.8. The van der Waals surface area contributed by atoms with E-state index in [0.717, 1.165) is 63.2 Å². The average molecular weight is 397 g/mol. The normalized spacial score (nSPS) is 22.7. The highest BCUT2D eigenvalue weighted by Gasteiger charge is 2.51. The SMILES string of the molecule is CC(C)N1CCCC2(CCCN2Cc2ccccc2OCCn2ccnc2)C1=O. The van der Waals surface area contributed by atoms with Gasteiger partial charge in [-0.1, -0.05) is 18.2 Å². The van der Waals surface area contributed by atoms with E-state index in [4.69, 9.17) is 4.74 Å². The van der Waals surface area contributed by atoms with Gasteiger partial charge in [0.25, 0.3) is 0 Å². The van der Waals surface area contributed by atoms with Crippen molar-refractivity contribution in [2.45, 2.75) is 64.2 Å². The molecule has 0 radical (unpaired) electrons. The van der Waals surface area contributed by atoms with E-state index in [2.05, 4.69) is 40.8 Å². The fourth-order valence-electron chi connectivity index (χ4n) is 4.86. The van der Waals surface area contributed by atoms with Gasteiger partial charge in [0.1, 0.15) is 17.9 Å². The summed E-state index contributed by atoms with van der Waals surface area (Å²) in [5, 5.41) is 0. The lowest BCUT2D eigenvalue weighted by Gasteiger charge is -2.46. The Balaban J connectivity index is 1.47. The van der Waals surface area contributed by atoms with E-state index in [1.807, 2.05) is 22.9 Å². The minimum atomic E-state index is -0.327. The Morgan fingerprint density at radius 1 is 1.17 bits per heavy atom. The third-order valence-corrected chi connectivity index (χ3v) is 6.40. The minimum Gasteiger partial charge on any atom is -0.491 e. The van der Waals surface area contributed by atoms with Crippen LogP contribution < -0.4 is 4.74 Å². The molecule has 1 unspecified atom stereocenters. The van der Waals surface area contributed by atoms with E-state index < -0.39 is 0 Å². The maximum Gasteiger partial charge on any atom is 0.243 e. The molecule has 29 heavy (non-hydrogen) atoms. The Kier molecular flexibility index (Phi) is 5.90. The topological polar surface area (TPSA) is 50.6 Å². The molecule has 2 aliphatic rings. The van der Waals surface area contributed by atoms with Gasteiger partial charge in [-0.25, -0.2) is 4.98 Å². The molecule has 2 fully saturated rings. The van der Waals surface area contributed by atoms with Crippen LogP contribution in [0.4, 0.5) is 0 Å². The van der Waals surface area contributed by atoms with Crippen LogP contribution in [0.3, 0.4) is 0 Å². The minimum absolute atomic E-state index is 0.265. The van der Waals surface area contributed by atoms with Crippen molar-refractivity contribution < 1.29 is 9.53 Å². The molecule has 2 saturated heterocycles. The Bertz CT molecular complexity index is 820. The molecule has 0 bridgehead atoms. The number of hydrogen-bond donors (Lipinski definition) is 0. The predicted molar refractivity (Wildman–Crippen MR) is 113 cm³/mol. The second-order valence-corrected chi connectivity index (χ2v) is 8.51. The summed E-state index contributed by atoms with van der Waals surface area (Å²) >= 11 is 0. The fourth-order valence-corrected chi connectivity index (χ4v) is 4.86. The Morgan fingerprint density at radius 3 is 2.72 bits per heavy atom. The van der Waals surface area contributed by atoms with Gasteiger partial charge in [-0.2, -0.15) is 0 Å². The van der Waals surface area contributed by atoms with Crippen LogP contribution >= 0.6 is 0 Å². The molecule has 6 heteroatoms. The predicted octanol–water partition coefficient (Wildman–Crippen LogP) is 3.33. The fraction of sp³-hybridized carbons (Fsp3) is 0.565. The van der Waals surface area contributed by atoms with Crippen molar-refractivity contribution in [3.8, 4) is 5.75 Å². The number of nitrogens with zero attached hydrogens (tertiary/aromatic N) is 4. The molecule has 1 aromatic carbocycles. The summed E-state index contributed by atoms with van der Waals surface area (Å²) in [4.78, 5) is 22.0. The molecular formula is C23H32N4O2. The number of piperidine rings is 1. The molecule has 2 aromatic rings. The molecular weight excluding hydrogens is 364 g/mol. The second kappa shape index (κ2) is 8.57. The first-order valence-corrected chi connectivity index (χ1v) is 10.8. The highest BCUT2D eigenvalue weighted by atomic mass is 16.5. The van der Waals surface area contributed by atoms with Crippen molar-refractivity contribution in [2.24, 2.45) is 0 Å². The molecule has 156 valence electrons. The Labute approximate surface area is 173 Å². The van der Waals surface area contributed by atoms with Crippen molar-refractivity contribution in [2.75, 3.05) is 19.7 Å². The third kappa shape index (κ3) is 4.04. The van der Waals surface area contributed by atoms with Crippen LogP contribution in [0.2, 0.25) is 0 Å². The maximum absolute atomic E-state index is 13.4. The number of hydrogen-bond acceptors (Lipinski definition) is 4. The Hall–Kier alpha value is -2.34. The monoisotopic (exact) mass is 396 g/mol. The van der Waals surface area contributed by atoms with Gasteiger partial charge in [0.05, 0.1) is 12.9 Å². The van der Waals surface area contributed by atoms with Gasteiger partial charge in [0.15, 0.2) is 0 Å². The molecule has 0 saturated carbocycles. The van der Waals surface area contributed by atoms with Gasteiger partial charge < -0.3 is 14.2 Å². The van der Waals surface area contributed by atoms with E-state index >= 15 is 0 Å². The summed E-state index contributed by atoms with van der Waals surface area (Å²) in [7, 11) is 0. The van der Waals surface area contributed by atoms with Gasteiger partial charge in [0, 0.05) is 37.1 Å². The van der Waals surface area contributed by atoms with Crippen LogP contribution in [0.25, 0.3) is 0 Å². The maximum atomic E-state index is 13.4. The lowest BCUT2D eigenvalue weighted by molar-refractivity contribution is -0.149. The molecule has 2 aliphatic heterocycles. The van der Waals surface area contributed by atoms with Crippen LogP contribution in [0, 0.1) is 0 Å². The first kappa shape index (κ1) is 20.0. The number of ether oxygens (including phenoxy) is 1. The summed E-state index contributed by atoms with van der Waals surface area (Å²) in [5.74, 6) is 1.24. The number of imidazole rings is 1. The molecule has 6 nitrogen and oxygen atoms in total. The Morgan fingerprint density at radius 2 is 1.97 bits per heavy atom. The quantitative estimate of drug-likeness (QED) is 0.720. The van der Waals surface area contributed by atoms with E-state index in [0.29, 0.717) is 12.5 Å². The largest absolute Gasteiger partial charge is 0.491 e. The lowest BCUT2D eigenvalue weighted by atomic mass is 9.84. The first-order chi connectivity index (χ1) is 14.1. The smallest absolute Gasteiger partial charge is 0.243 e. The second-order valence-electron chi connectivity index (χ2n) is 8.51. The molecule has 1 atom stereocenters. The molecule has 1 amide bonds. The molecule has 4 rings (SSSR count). The zero-order chi connectivity index (χ0) is 20.3. The van der Waals surface area contributed by atoms with E-state index in [1.54, 1.807) is 12.5 Å². The highest BCUT2D eigenvalue weighted by Crippen LogP contribution is 2.40. The number of carbonyl (C=O) groups is 1. The molecule has 0 aliphatic carbocycles.